The lowest BCUT2D eigenvalue weighted by Gasteiger charge is -2.27. The second-order valence-corrected chi connectivity index (χ2v) is 10.9. The molecule has 7 heteroatoms. The zero-order valence-electron chi connectivity index (χ0n) is 20.1. The molecule has 4 aromatic carbocycles. The molecule has 0 saturated carbocycles. The van der Waals surface area contributed by atoms with Gasteiger partial charge in [0.05, 0.1) is 16.6 Å². The minimum Gasteiger partial charge on any atom is -0.344 e. The van der Waals surface area contributed by atoms with Crippen LogP contribution in [-0.2, 0) is 14.8 Å². The molecule has 4 rings (SSSR count). The summed E-state index contributed by atoms with van der Waals surface area (Å²) in [5, 5.41) is 3.50. The molecule has 4 aromatic rings. The van der Waals surface area contributed by atoms with E-state index in [9.17, 15) is 13.2 Å². The predicted molar refractivity (Wildman–Crippen MR) is 145 cm³/mol. The van der Waals surface area contributed by atoms with Gasteiger partial charge in [-0.3, -0.25) is 9.10 Å². The zero-order valence-corrected chi connectivity index (χ0v) is 21.6. The third-order valence-corrected chi connectivity index (χ3v) is 7.99. The molecule has 0 fully saturated rings. The first-order valence-corrected chi connectivity index (χ1v) is 13.3. The summed E-state index contributed by atoms with van der Waals surface area (Å²) in [5.74, 6) is -0.426. The number of aryl methyl sites for hydroxylation is 2. The summed E-state index contributed by atoms with van der Waals surface area (Å²) in [5.41, 5.74) is 4.26. The van der Waals surface area contributed by atoms with Crippen LogP contribution >= 0.6 is 11.6 Å². The summed E-state index contributed by atoms with van der Waals surface area (Å²) >= 11 is 5.97. The molecule has 0 aliphatic carbocycles. The van der Waals surface area contributed by atoms with Gasteiger partial charge < -0.3 is 5.32 Å². The normalized spacial score (nSPS) is 12.1. The minimum absolute atomic E-state index is 0.0544. The zero-order chi connectivity index (χ0) is 25.7. The van der Waals surface area contributed by atoms with E-state index in [4.69, 9.17) is 11.6 Å². The van der Waals surface area contributed by atoms with Crippen molar-refractivity contribution in [2.45, 2.75) is 24.8 Å². The Morgan fingerprint density at radius 2 is 1.44 bits per heavy atom. The molecule has 1 amide bonds. The van der Waals surface area contributed by atoms with E-state index in [-0.39, 0.29) is 11.4 Å². The van der Waals surface area contributed by atoms with Crippen LogP contribution in [0.15, 0.2) is 108 Å². The molecule has 0 aliphatic heterocycles. The third-order valence-electron chi connectivity index (χ3n) is 5.95. The van der Waals surface area contributed by atoms with E-state index in [0.717, 1.165) is 26.6 Å². The number of carbonyl (C=O) groups excluding carboxylic acids is 1. The first kappa shape index (κ1) is 25.5. The van der Waals surface area contributed by atoms with Gasteiger partial charge in [0, 0.05) is 5.02 Å². The summed E-state index contributed by atoms with van der Waals surface area (Å²) < 4.78 is 28.4. The van der Waals surface area contributed by atoms with Crippen molar-refractivity contribution in [2.75, 3.05) is 10.8 Å². The molecular formula is C29H27ClN2O3S. The number of rotatable bonds is 8. The Bertz CT molecular complexity index is 1440. The van der Waals surface area contributed by atoms with Gasteiger partial charge in [0.25, 0.3) is 10.0 Å². The number of anilines is 1. The van der Waals surface area contributed by atoms with Gasteiger partial charge in [-0.15, -0.1) is 0 Å². The van der Waals surface area contributed by atoms with Crippen LogP contribution in [0.5, 0.6) is 0 Å². The van der Waals surface area contributed by atoms with Crippen LogP contribution in [-0.4, -0.2) is 20.9 Å². The van der Waals surface area contributed by atoms with Crippen molar-refractivity contribution >= 4 is 33.2 Å². The number of sulfonamides is 1. The molecule has 1 N–H and O–H groups in total. The van der Waals surface area contributed by atoms with Gasteiger partial charge in [-0.25, -0.2) is 8.42 Å². The van der Waals surface area contributed by atoms with Gasteiger partial charge in [-0.05, 0) is 66.9 Å². The molecule has 0 unspecified atom stereocenters. The molecule has 184 valence electrons. The van der Waals surface area contributed by atoms with Crippen LogP contribution in [0.3, 0.4) is 0 Å². The van der Waals surface area contributed by atoms with Gasteiger partial charge >= 0.3 is 0 Å². The topological polar surface area (TPSA) is 66.5 Å². The number of carbonyl (C=O) groups is 1. The standard InChI is InChI=1S/C29H27ClN2O3S/c1-21-12-16-25(17-13-21)32(36(34,35)26-18-14-24(30)15-19-26)20-28(33)31-29(23-9-4-3-5-10-23)27-11-7-6-8-22(27)2/h3-19,29H,20H2,1-2H3,(H,31,33)/t29-/m1/s1. The molecule has 0 saturated heterocycles. The lowest BCUT2D eigenvalue weighted by Crippen LogP contribution is -2.42. The number of halogens is 1. The van der Waals surface area contributed by atoms with Gasteiger partial charge in [-0.2, -0.15) is 0 Å². The number of benzene rings is 4. The van der Waals surface area contributed by atoms with Gasteiger partial charge in [0.15, 0.2) is 0 Å². The van der Waals surface area contributed by atoms with Crippen molar-refractivity contribution in [3.63, 3.8) is 0 Å². The SMILES string of the molecule is Cc1ccc(N(CC(=O)N[C@H](c2ccccc2)c2ccccc2C)S(=O)(=O)c2ccc(Cl)cc2)cc1. The summed E-state index contributed by atoms with van der Waals surface area (Å²) in [6, 6.07) is 30.0. The monoisotopic (exact) mass is 518 g/mol. The maximum Gasteiger partial charge on any atom is 0.264 e. The lowest BCUT2D eigenvalue weighted by molar-refractivity contribution is -0.120. The molecule has 0 aromatic heterocycles. The fraction of sp³-hybridized carbons (Fsp3) is 0.138. The predicted octanol–water partition coefficient (Wildman–Crippen LogP) is 6.06. The van der Waals surface area contributed by atoms with Crippen molar-refractivity contribution in [1.82, 2.24) is 5.32 Å². The summed E-state index contributed by atoms with van der Waals surface area (Å²) in [4.78, 5) is 13.5. The Kier molecular flexibility index (Phi) is 7.77. The Labute approximate surface area is 217 Å². The van der Waals surface area contributed by atoms with Crippen LogP contribution < -0.4 is 9.62 Å². The molecule has 1 atom stereocenters. The molecule has 0 spiro atoms. The van der Waals surface area contributed by atoms with Crippen LogP contribution in [0, 0.1) is 13.8 Å². The first-order valence-electron chi connectivity index (χ1n) is 11.5. The van der Waals surface area contributed by atoms with E-state index >= 15 is 0 Å². The molecule has 0 heterocycles. The number of hydrogen-bond donors (Lipinski definition) is 1. The minimum atomic E-state index is -4.04. The Balaban J connectivity index is 1.69. The van der Waals surface area contributed by atoms with E-state index < -0.39 is 22.0 Å². The van der Waals surface area contributed by atoms with Gasteiger partial charge in [0.2, 0.25) is 5.91 Å². The highest BCUT2D eigenvalue weighted by Crippen LogP contribution is 2.27. The second-order valence-electron chi connectivity index (χ2n) is 8.57. The van der Waals surface area contributed by atoms with Crippen molar-refractivity contribution in [2.24, 2.45) is 0 Å². The molecular weight excluding hydrogens is 492 g/mol. The van der Waals surface area contributed by atoms with Crippen LogP contribution in [0.2, 0.25) is 5.02 Å². The largest absolute Gasteiger partial charge is 0.344 e. The fourth-order valence-electron chi connectivity index (χ4n) is 3.99. The molecule has 0 radical (unpaired) electrons. The maximum atomic E-state index is 13.6. The fourth-order valence-corrected chi connectivity index (χ4v) is 5.54. The number of nitrogens with one attached hydrogen (secondary N) is 1. The highest BCUT2D eigenvalue weighted by molar-refractivity contribution is 7.92. The summed E-state index contributed by atoms with van der Waals surface area (Å²) in [6.45, 7) is 3.52. The quantitative estimate of drug-likeness (QED) is 0.308. The smallest absolute Gasteiger partial charge is 0.264 e. The van der Waals surface area contributed by atoms with Crippen molar-refractivity contribution in [1.29, 1.82) is 0 Å². The highest BCUT2D eigenvalue weighted by atomic mass is 35.5. The van der Waals surface area contributed by atoms with E-state index in [1.165, 1.54) is 24.3 Å². The average Bonchev–Trinajstić information content (AvgIpc) is 2.88. The maximum absolute atomic E-state index is 13.6. The Morgan fingerprint density at radius 1 is 0.833 bits per heavy atom. The van der Waals surface area contributed by atoms with Crippen molar-refractivity contribution in [3.8, 4) is 0 Å². The first-order chi connectivity index (χ1) is 17.3. The lowest BCUT2D eigenvalue weighted by atomic mass is 9.95. The third kappa shape index (κ3) is 5.78. The van der Waals surface area contributed by atoms with Gasteiger partial charge in [-0.1, -0.05) is 83.9 Å². The highest BCUT2D eigenvalue weighted by Gasteiger charge is 2.28. The van der Waals surface area contributed by atoms with Crippen molar-refractivity contribution in [3.05, 3.63) is 130 Å². The van der Waals surface area contributed by atoms with Crippen LogP contribution in [0.25, 0.3) is 0 Å². The van der Waals surface area contributed by atoms with Gasteiger partial charge in [0.1, 0.15) is 6.54 Å². The Morgan fingerprint density at radius 3 is 2.08 bits per heavy atom. The molecule has 0 aliphatic rings. The summed E-state index contributed by atoms with van der Waals surface area (Å²) in [6.07, 6.45) is 0. The molecule has 5 nitrogen and oxygen atoms in total. The van der Waals surface area contributed by atoms with E-state index in [1.807, 2.05) is 80.6 Å². The summed E-state index contributed by atoms with van der Waals surface area (Å²) in [7, 11) is -4.04. The van der Waals surface area contributed by atoms with E-state index in [2.05, 4.69) is 5.32 Å². The average molecular weight is 519 g/mol. The number of hydrogen-bond acceptors (Lipinski definition) is 3. The second kappa shape index (κ2) is 11.0. The number of amides is 1. The number of nitrogens with zero attached hydrogens (tertiary/aromatic N) is 1. The Hall–Kier alpha value is -3.61. The van der Waals surface area contributed by atoms with E-state index in [0.29, 0.717) is 10.7 Å². The van der Waals surface area contributed by atoms with Crippen LogP contribution in [0.1, 0.15) is 28.3 Å². The van der Waals surface area contributed by atoms with Crippen LogP contribution in [0.4, 0.5) is 5.69 Å². The molecule has 0 bridgehead atoms. The molecule has 36 heavy (non-hydrogen) atoms. The van der Waals surface area contributed by atoms with Crippen molar-refractivity contribution < 1.29 is 13.2 Å². The van der Waals surface area contributed by atoms with E-state index in [1.54, 1.807) is 12.1 Å².